The zero-order chi connectivity index (χ0) is 28.3. The lowest BCUT2D eigenvalue weighted by Gasteiger charge is -2.33. The molecule has 9 heteroatoms. The van der Waals surface area contributed by atoms with Gasteiger partial charge < -0.3 is 10.2 Å². The largest absolute Gasteiger partial charge is 0.354 e. The normalized spacial score (nSPS) is 12.0. The smallest absolute Gasteiger partial charge is 0.264 e. The summed E-state index contributed by atoms with van der Waals surface area (Å²) in [6.07, 6.45) is 2.67. The minimum atomic E-state index is -4.11. The maximum absolute atomic E-state index is 14.0. The van der Waals surface area contributed by atoms with Crippen molar-refractivity contribution >= 4 is 39.1 Å². The number of benzene rings is 3. The molecular formula is C30H36ClN3O4S. The fourth-order valence-electron chi connectivity index (χ4n) is 4.28. The van der Waals surface area contributed by atoms with Crippen LogP contribution in [-0.4, -0.2) is 50.8 Å². The fraction of sp³-hybridized carbons (Fsp3) is 0.333. The van der Waals surface area contributed by atoms with E-state index in [9.17, 15) is 18.0 Å². The number of amides is 2. The number of anilines is 1. The van der Waals surface area contributed by atoms with Crippen LogP contribution in [0.1, 0.15) is 38.7 Å². The van der Waals surface area contributed by atoms with Crippen LogP contribution in [0.5, 0.6) is 0 Å². The third kappa shape index (κ3) is 8.31. The molecule has 3 aromatic rings. The lowest BCUT2D eigenvalue weighted by atomic mass is 10.1. The zero-order valence-corrected chi connectivity index (χ0v) is 24.0. The minimum absolute atomic E-state index is 0.0537. The number of nitrogens with one attached hydrogen (secondary N) is 1. The van der Waals surface area contributed by atoms with Crippen molar-refractivity contribution in [1.82, 2.24) is 10.2 Å². The van der Waals surface area contributed by atoms with E-state index in [1.165, 1.54) is 23.1 Å². The van der Waals surface area contributed by atoms with Crippen LogP contribution in [0.3, 0.4) is 0 Å². The van der Waals surface area contributed by atoms with E-state index >= 15 is 0 Å². The number of hydrogen-bond donors (Lipinski definition) is 1. The van der Waals surface area contributed by atoms with E-state index in [-0.39, 0.29) is 23.0 Å². The summed E-state index contributed by atoms with van der Waals surface area (Å²) in [5.74, 6) is -0.713. The van der Waals surface area contributed by atoms with Crippen molar-refractivity contribution in [3.63, 3.8) is 0 Å². The van der Waals surface area contributed by atoms with Gasteiger partial charge in [-0.2, -0.15) is 0 Å². The second kappa shape index (κ2) is 14.7. The maximum atomic E-state index is 14.0. The summed E-state index contributed by atoms with van der Waals surface area (Å²) in [6.45, 7) is 4.19. The average molecular weight is 570 g/mol. The van der Waals surface area contributed by atoms with Crippen LogP contribution >= 0.6 is 11.6 Å². The summed E-state index contributed by atoms with van der Waals surface area (Å²) in [5, 5.41) is 3.28. The molecule has 1 N–H and O–H groups in total. The van der Waals surface area contributed by atoms with Crippen LogP contribution in [0.4, 0.5) is 5.69 Å². The number of carbonyl (C=O) groups is 2. The molecule has 0 saturated heterocycles. The summed E-state index contributed by atoms with van der Waals surface area (Å²) in [6, 6.07) is 23.3. The van der Waals surface area contributed by atoms with Crippen molar-refractivity contribution in [1.29, 1.82) is 0 Å². The Morgan fingerprint density at radius 2 is 1.59 bits per heavy atom. The highest BCUT2D eigenvalue weighted by molar-refractivity contribution is 7.92. The predicted molar refractivity (Wildman–Crippen MR) is 156 cm³/mol. The van der Waals surface area contributed by atoms with E-state index < -0.39 is 28.5 Å². The first-order valence-electron chi connectivity index (χ1n) is 13.2. The molecule has 3 rings (SSSR count). The summed E-state index contributed by atoms with van der Waals surface area (Å²) in [4.78, 5) is 28.7. The van der Waals surface area contributed by atoms with Crippen molar-refractivity contribution in [2.45, 2.75) is 50.5 Å². The fourth-order valence-corrected chi connectivity index (χ4v) is 5.89. The molecule has 1 atom stereocenters. The van der Waals surface area contributed by atoms with Crippen LogP contribution in [-0.2, 0) is 26.0 Å². The molecule has 0 fully saturated rings. The zero-order valence-electron chi connectivity index (χ0n) is 22.4. The number of unbranched alkanes of at least 4 members (excludes halogenated alkanes) is 1. The van der Waals surface area contributed by atoms with E-state index in [1.807, 2.05) is 44.2 Å². The van der Waals surface area contributed by atoms with Gasteiger partial charge in [-0.3, -0.25) is 13.9 Å². The van der Waals surface area contributed by atoms with E-state index in [1.54, 1.807) is 36.4 Å². The second-order valence-corrected chi connectivity index (χ2v) is 11.5. The Bertz CT molecular complexity index is 1320. The van der Waals surface area contributed by atoms with Gasteiger partial charge in [-0.25, -0.2) is 8.42 Å². The van der Waals surface area contributed by atoms with Crippen LogP contribution in [0.2, 0.25) is 5.02 Å². The van der Waals surface area contributed by atoms with Gasteiger partial charge in [0.15, 0.2) is 0 Å². The van der Waals surface area contributed by atoms with Gasteiger partial charge in [0.1, 0.15) is 12.6 Å². The van der Waals surface area contributed by atoms with Gasteiger partial charge in [-0.1, -0.05) is 86.5 Å². The second-order valence-electron chi connectivity index (χ2n) is 9.20. The molecule has 0 spiro atoms. The standard InChI is InChI=1S/C30H36ClN3O4S/c1-3-5-20-32-30(36)28(4-2)33(21-19-24-13-8-6-9-14-24)29(35)23-34(26-16-12-15-25(31)22-26)39(37,38)27-17-10-7-11-18-27/h6-18,22,28H,3-5,19-21,23H2,1-2H3,(H,32,36)/t28-/m1/s1. The number of carbonyl (C=O) groups excluding carboxylic acids is 2. The number of sulfonamides is 1. The monoisotopic (exact) mass is 569 g/mol. The first-order valence-corrected chi connectivity index (χ1v) is 15.0. The average Bonchev–Trinajstić information content (AvgIpc) is 2.94. The quantitative estimate of drug-likeness (QED) is 0.267. The van der Waals surface area contributed by atoms with Gasteiger partial charge >= 0.3 is 0 Å². The van der Waals surface area contributed by atoms with Crippen LogP contribution < -0.4 is 9.62 Å². The van der Waals surface area contributed by atoms with Crippen molar-refractivity contribution in [2.24, 2.45) is 0 Å². The maximum Gasteiger partial charge on any atom is 0.264 e. The van der Waals surface area contributed by atoms with E-state index in [2.05, 4.69) is 5.32 Å². The van der Waals surface area contributed by atoms with Crippen LogP contribution in [0, 0.1) is 0 Å². The summed E-state index contributed by atoms with van der Waals surface area (Å²) >= 11 is 6.21. The highest BCUT2D eigenvalue weighted by atomic mass is 35.5. The minimum Gasteiger partial charge on any atom is -0.354 e. The van der Waals surface area contributed by atoms with Gasteiger partial charge in [0, 0.05) is 18.1 Å². The van der Waals surface area contributed by atoms with E-state index in [0.717, 1.165) is 22.7 Å². The molecule has 0 aliphatic carbocycles. The van der Waals surface area contributed by atoms with Crippen molar-refractivity contribution in [2.75, 3.05) is 23.9 Å². The third-order valence-corrected chi connectivity index (χ3v) is 8.43. The van der Waals surface area contributed by atoms with Crippen LogP contribution in [0.25, 0.3) is 0 Å². The molecule has 0 heterocycles. The highest BCUT2D eigenvalue weighted by Crippen LogP contribution is 2.26. The number of hydrogen-bond acceptors (Lipinski definition) is 4. The lowest BCUT2D eigenvalue weighted by molar-refractivity contribution is -0.139. The van der Waals surface area contributed by atoms with E-state index in [4.69, 9.17) is 11.6 Å². The molecule has 7 nitrogen and oxygen atoms in total. The van der Waals surface area contributed by atoms with E-state index in [0.29, 0.717) is 24.4 Å². The molecular weight excluding hydrogens is 534 g/mol. The highest BCUT2D eigenvalue weighted by Gasteiger charge is 2.33. The topological polar surface area (TPSA) is 86.8 Å². The Balaban J connectivity index is 1.97. The molecule has 0 bridgehead atoms. The number of halogens is 1. The van der Waals surface area contributed by atoms with Gasteiger partial charge in [0.2, 0.25) is 11.8 Å². The SMILES string of the molecule is CCCCNC(=O)[C@@H](CC)N(CCc1ccccc1)C(=O)CN(c1cccc(Cl)c1)S(=O)(=O)c1ccccc1. The van der Waals surface area contributed by atoms with Gasteiger partial charge in [0.25, 0.3) is 10.0 Å². The van der Waals surface area contributed by atoms with Crippen LogP contribution in [0.15, 0.2) is 89.8 Å². The van der Waals surface area contributed by atoms with Crippen molar-refractivity contribution < 1.29 is 18.0 Å². The van der Waals surface area contributed by atoms with Crippen molar-refractivity contribution in [3.05, 3.63) is 95.5 Å². The Hall–Kier alpha value is -3.36. The molecule has 39 heavy (non-hydrogen) atoms. The van der Waals surface area contributed by atoms with Gasteiger partial charge in [-0.05, 0) is 55.2 Å². The Kier molecular flexibility index (Phi) is 11.4. The first kappa shape index (κ1) is 30.2. The number of rotatable bonds is 14. The Labute approximate surface area is 236 Å². The van der Waals surface area contributed by atoms with Gasteiger partial charge in [-0.15, -0.1) is 0 Å². The third-order valence-electron chi connectivity index (χ3n) is 6.41. The molecule has 0 aliphatic rings. The first-order chi connectivity index (χ1) is 18.8. The molecule has 0 aliphatic heterocycles. The molecule has 208 valence electrons. The summed E-state index contributed by atoms with van der Waals surface area (Å²) in [5.41, 5.74) is 1.28. The predicted octanol–water partition coefficient (Wildman–Crippen LogP) is 5.30. The Morgan fingerprint density at radius 3 is 2.21 bits per heavy atom. The number of nitrogens with zero attached hydrogens (tertiary/aromatic N) is 2. The Morgan fingerprint density at radius 1 is 0.923 bits per heavy atom. The summed E-state index contributed by atoms with van der Waals surface area (Å²) in [7, 11) is -4.11. The van der Waals surface area contributed by atoms with Crippen molar-refractivity contribution in [3.8, 4) is 0 Å². The summed E-state index contributed by atoms with van der Waals surface area (Å²) < 4.78 is 28.6. The van der Waals surface area contributed by atoms with Gasteiger partial charge in [0.05, 0.1) is 10.6 Å². The molecule has 3 aromatic carbocycles. The molecule has 0 saturated carbocycles. The molecule has 2 amide bonds. The lowest BCUT2D eigenvalue weighted by Crippen LogP contribution is -2.53. The molecule has 0 radical (unpaired) electrons. The molecule has 0 unspecified atom stereocenters. The molecule has 0 aromatic heterocycles.